The summed E-state index contributed by atoms with van der Waals surface area (Å²) < 4.78 is 26.2. The molecule has 0 spiro atoms. The molecule has 0 aliphatic carbocycles. The van der Waals surface area contributed by atoms with Crippen molar-refractivity contribution in [2.45, 2.75) is 6.61 Å². The zero-order valence-electron chi connectivity index (χ0n) is 9.61. The van der Waals surface area contributed by atoms with E-state index >= 15 is 0 Å². The van der Waals surface area contributed by atoms with Crippen LogP contribution in [0.1, 0.15) is 5.56 Å². The van der Waals surface area contributed by atoms with Crippen LogP contribution in [-0.4, -0.2) is 8.42 Å². The highest BCUT2D eigenvalue weighted by Crippen LogP contribution is 2.24. The third kappa shape index (κ3) is 3.40. The Morgan fingerprint density at radius 2 is 1.56 bits per heavy atom. The highest BCUT2D eigenvalue weighted by molar-refractivity contribution is 7.84. The zero-order chi connectivity index (χ0) is 13.0. The molecule has 0 unspecified atom stereocenters. The van der Waals surface area contributed by atoms with Crippen LogP contribution in [0.5, 0.6) is 0 Å². The number of rotatable bonds is 4. The van der Waals surface area contributed by atoms with Crippen molar-refractivity contribution < 1.29 is 12.6 Å². The summed E-state index contributed by atoms with van der Waals surface area (Å²) in [6.07, 6.45) is 0. The third-order valence-electron chi connectivity index (χ3n) is 2.48. The van der Waals surface area contributed by atoms with Gasteiger partial charge in [-0.15, -0.1) is 0 Å². The second-order valence-corrected chi connectivity index (χ2v) is 5.00. The van der Waals surface area contributed by atoms with Gasteiger partial charge in [0.1, 0.15) is 0 Å². The van der Waals surface area contributed by atoms with E-state index in [1.54, 1.807) is 0 Å². The molecule has 5 heteroatoms. The third-order valence-corrected chi connectivity index (χ3v) is 2.93. The molecule has 0 aliphatic heterocycles. The highest BCUT2D eigenvalue weighted by atomic mass is 32.2. The van der Waals surface area contributed by atoms with Crippen LogP contribution in [0, 0.1) is 0 Å². The van der Waals surface area contributed by atoms with E-state index in [1.165, 1.54) is 0 Å². The fourth-order valence-corrected chi connectivity index (χ4v) is 1.98. The molecule has 0 saturated heterocycles. The smallest absolute Gasteiger partial charge is 0.253 e. The van der Waals surface area contributed by atoms with Crippen molar-refractivity contribution in [1.82, 2.24) is 0 Å². The van der Waals surface area contributed by atoms with Crippen molar-refractivity contribution in [3.8, 4) is 11.1 Å². The Morgan fingerprint density at radius 1 is 0.944 bits per heavy atom. The largest absolute Gasteiger partial charge is 0.333 e. The summed E-state index contributed by atoms with van der Waals surface area (Å²) in [4.78, 5) is 0. The lowest BCUT2D eigenvalue weighted by molar-refractivity contribution is 0.309. The average molecular weight is 263 g/mol. The molecule has 4 nitrogen and oxygen atoms in total. The van der Waals surface area contributed by atoms with E-state index in [9.17, 15) is 8.42 Å². The molecule has 2 N–H and O–H groups in total. The van der Waals surface area contributed by atoms with Crippen LogP contribution in [0.4, 0.5) is 0 Å². The summed E-state index contributed by atoms with van der Waals surface area (Å²) in [6, 6.07) is 17.1. The van der Waals surface area contributed by atoms with Gasteiger partial charge in [0.25, 0.3) is 0 Å². The van der Waals surface area contributed by atoms with E-state index in [0.29, 0.717) is 0 Å². The summed E-state index contributed by atoms with van der Waals surface area (Å²) >= 11 is 0. The van der Waals surface area contributed by atoms with E-state index in [1.807, 2.05) is 54.6 Å². The first-order valence-electron chi connectivity index (χ1n) is 5.37. The Bertz CT molecular complexity index is 624. The van der Waals surface area contributed by atoms with Crippen LogP contribution in [0.15, 0.2) is 54.6 Å². The number of benzene rings is 2. The van der Waals surface area contributed by atoms with Crippen LogP contribution >= 0.6 is 0 Å². The van der Waals surface area contributed by atoms with Crippen molar-refractivity contribution in [3.05, 3.63) is 60.2 Å². The molecule has 0 aliphatic rings. The fourth-order valence-electron chi connectivity index (χ4n) is 1.69. The van der Waals surface area contributed by atoms with Gasteiger partial charge < -0.3 is 0 Å². The molecule has 2 aromatic carbocycles. The van der Waals surface area contributed by atoms with Gasteiger partial charge in [0, 0.05) is 0 Å². The van der Waals surface area contributed by atoms with E-state index in [4.69, 9.17) is 5.14 Å². The summed E-state index contributed by atoms with van der Waals surface area (Å²) in [5, 5.41) is 4.82. The quantitative estimate of drug-likeness (QED) is 0.918. The van der Waals surface area contributed by atoms with E-state index in [2.05, 4.69) is 4.18 Å². The van der Waals surface area contributed by atoms with Gasteiger partial charge >= 0.3 is 10.3 Å². The van der Waals surface area contributed by atoms with Crippen molar-refractivity contribution in [2.75, 3.05) is 0 Å². The minimum Gasteiger partial charge on any atom is -0.253 e. The van der Waals surface area contributed by atoms with Gasteiger partial charge in [0.15, 0.2) is 0 Å². The maximum absolute atomic E-state index is 10.8. The van der Waals surface area contributed by atoms with Crippen LogP contribution in [0.25, 0.3) is 11.1 Å². The number of hydrogen-bond donors (Lipinski definition) is 1. The lowest BCUT2D eigenvalue weighted by Crippen LogP contribution is -2.15. The lowest BCUT2D eigenvalue weighted by atomic mass is 10.0. The van der Waals surface area contributed by atoms with Gasteiger partial charge in [-0.05, 0) is 16.7 Å². The first kappa shape index (κ1) is 12.8. The molecule has 0 atom stereocenters. The van der Waals surface area contributed by atoms with Crippen molar-refractivity contribution in [1.29, 1.82) is 0 Å². The van der Waals surface area contributed by atoms with Crippen molar-refractivity contribution in [2.24, 2.45) is 5.14 Å². The summed E-state index contributed by atoms with van der Waals surface area (Å²) in [5.41, 5.74) is 2.71. The van der Waals surface area contributed by atoms with Crippen molar-refractivity contribution in [3.63, 3.8) is 0 Å². The average Bonchev–Trinajstić information content (AvgIpc) is 2.37. The minimum absolute atomic E-state index is 0.0656. The molecule has 0 heterocycles. The molecule has 0 fully saturated rings. The molecule has 0 radical (unpaired) electrons. The number of nitrogens with two attached hydrogens (primary N) is 1. The minimum atomic E-state index is -3.92. The monoisotopic (exact) mass is 263 g/mol. The predicted molar refractivity (Wildman–Crippen MR) is 69.8 cm³/mol. The Hall–Kier alpha value is -1.69. The first-order valence-corrected chi connectivity index (χ1v) is 6.84. The van der Waals surface area contributed by atoms with Gasteiger partial charge in [-0.2, -0.15) is 8.42 Å². The Balaban J connectivity index is 2.32. The molecule has 18 heavy (non-hydrogen) atoms. The van der Waals surface area contributed by atoms with Crippen LogP contribution in [0.3, 0.4) is 0 Å². The zero-order valence-corrected chi connectivity index (χ0v) is 10.4. The Kier molecular flexibility index (Phi) is 3.76. The molecule has 2 aromatic rings. The molecule has 2 rings (SSSR count). The summed E-state index contributed by atoms with van der Waals surface area (Å²) in [6.45, 7) is -0.0656. The SMILES string of the molecule is NS(=O)(=O)OCc1ccccc1-c1ccccc1. The molecular formula is C13H13NO3S. The summed E-state index contributed by atoms with van der Waals surface area (Å²) in [5.74, 6) is 0. The Labute approximate surface area is 106 Å². The van der Waals surface area contributed by atoms with Crippen LogP contribution in [-0.2, 0) is 21.1 Å². The topological polar surface area (TPSA) is 69.4 Å². The normalized spacial score (nSPS) is 11.4. The second kappa shape index (κ2) is 5.30. The van der Waals surface area contributed by atoms with Gasteiger partial charge in [-0.3, -0.25) is 4.18 Å². The van der Waals surface area contributed by atoms with Crippen molar-refractivity contribution >= 4 is 10.3 Å². The lowest BCUT2D eigenvalue weighted by Gasteiger charge is -2.09. The standard InChI is InChI=1S/C13H13NO3S/c14-18(15,16)17-10-12-8-4-5-9-13(12)11-6-2-1-3-7-11/h1-9H,10H2,(H2,14,15,16). The highest BCUT2D eigenvalue weighted by Gasteiger charge is 2.08. The molecule has 0 saturated carbocycles. The second-order valence-electron chi connectivity index (χ2n) is 3.78. The summed E-state index contributed by atoms with van der Waals surface area (Å²) in [7, 11) is -3.92. The molecule has 94 valence electrons. The van der Waals surface area contributed by atoms with Gasteiger partial charge in [0.2, 0.25) is 0 Å². The molecule has 0 bridgehead atoms. The molecular weight excluding hydrogens is 250 g/mol. The van der Waals surface area contributed by atoms with Crippen LogP contribution < -0.4 is 5.14 Å². The van der Waals surface area contributed by atoms with Gasteiger partial charge in [-0.1, -0.05) is 54.6 Å². The van der Waals surface area contributed by atoms with E-state index in [0.717, 1.165) is 16.7 Å². The van der Waals surface area contributed by atoms with Gasteiger partial charge in [-0.25, -0.2) is 5.14 Å². The molecule has 0 aromatic heterocycles. The first-order chi connectivity index (χ1) is 8.56. The predicted octanol–water partition coefficient (Wildman–Crippen LogP) is 2.07. The maximum atomic E-state index is 10.8. The fraction of sp³-hybridized carbons (Fsp3) is 0.0769. The van der Waals surface area contributed by atoms with E-state index < -0.39 is 10.3 Å². The maximum Gasteiger partial charge on any atom is 0.333 e. The van der Waals surface area contributed by atoms with Gasteiger partial charge in [0.05, 0.1) is 6.61 Å². The van der Waals surface area contributed by atoms with Crippen LogP contribution in [0.2, 0.25) is 0 Å². The molecule has 0 amide bonds. The Morgan fingerprint density at radius 3 is 2.22 bits per heavy atom. The van der Waals surface area contributed by atoms with E-state index in [-0.39, 0.29) is 6.61 Å². The number of hydrogen-bond acceptors (Lipinski definition) is 3.